The minimum Gasteiger partial charge on any atom is -0.356 e. The van der Waals surface area contributed by atoms with Crippen molar-refractivity contribution in [1.82, 2.24) is 25.1 Å². The van der Waals surface area contributed by atoms with Crippen LogP contribution in [-0.4, -0.2) is 44.1 Å². The Morgan fingerprint density at radius 3 is 2.76 bits per heavy atom. The van der Waals surface area contributed by atoms with Crippen LogP contribution in [0.2, 0.25) is 0 Å². The maximum atomic E-state index is 12.3. The summed E-state index contributed by atoms with van der Waals surface area (Å²) in [6.07, 6.45) is 4.58. The maximum absolute atomic E-state index is 12.3. The van der Waals surface area contributed by atoms with Gasteiger partial charge in [-0.25, -0.2) is 15.1 Å². The summed E-state index contributed by atoms with van der Waals surface area (Å²) in [5, 5.41) is 10.3. The van der Waals surface area contributed by atoms with Gasteiger partial charge in [-0.05, 0) is 32.3 Å². The fourth-order valence-electron chi connectivity index (χ4n) is 3.24. The van der Waals surface area contributed by atoms with Gasteiger partial charge in [-0.1, -0.05) is 0 Å². The molecule has 9 heteroatoms. The third-order valence-electron chi connectivity index (χ3n) is 4.77. The van der Waals surface area contributed by atoms with Gasteiger partial charge in [-0.3, -0.25) is 10.1 Å². The highest BCUT2D eigenvalue weighted by Crippen LogP contribution is 2.35. The number of hydrogen-bond acceptors (Lipinski definition) is 7. The van der Waals surface area contributed by atoms with Crippen molar-refractivity contribution in [2.24, 2.45) is 5.92 Å². The van der Waals surface area contributed by atoms with E-state index in [1.165, 1.54) is 16.8 Å². The van der Waals surface area contributed by atoms with Crippen molar-refractivity contribution in [3.63, 3.8) is 0 Å². The van der Waals surface area contributed by atoms with Crippen LogP contribution in [0, 0.1) is 19.8 Å². The first-order valence-electron chi connectivity index (χ1n) is 8.25. The minimum atomic E-state index is -0.0241. The van der Waals surface area contributed by atoms with E-state index >= 15 is 0 Å². The summed E-state index contributed by atoms with van der Waals surface area (Å²) in [6.45, 7) is 5.84. The number of piperidine rings is 1. The fourth-order valence-corrected chi connectivity index (χ4v) is 4.23. The number of amides is 1. The lowest BCUT2D eigenvalue weighted by molar-refractivity contribution is -0.120. The van der Waals surface area contributed by atoms with E-state index in [0.717, 1.165) is 42.0 Å². The molecule has 0 spiro atoms. The number of H-pyrrole nitrogens is 1. The van der Waals surface area contributed by atoms with Gasteiger partial charge in [0.05, 0.1) is 5.39 Å². The third kappa shape index (κ3) is 2.95. The molecule has 0 atom stereocenters. The summed E-state index contributed by atoms with van der Waals surface area (Å²) >= 11 is 1.71. The second-order valence-corrected chi connectivity index (χ2v) is 7.45. The monoisotopic (exact) mass is 357 g/mol. The summed E-state index contributed by atoms with van der Waals surface area (Å²) in [6, 6.07) is 0. The summed E-state index contributed by atoms with van der Waals surface area (Å²) < 4.78 is 0. The lowest BCUT2D eigenvalue weighted by Crippen LogP contribution is -2.38. The number of carbonyl (C=O) groups is 1. The first-order valence-corrected chi connectivity index (χ1v) is 9.07. The molecule has 1 aliphatic rings. The van der Waals surface area contributed by atoms with Crippen LogP contribution in [0.25, 0.3) is 10.2 Å². The van der Waals surface area contributed by atoms with Gasteiger partial charge in [-0.15, -0.1) is 11.3 Å². The van der Waals surface area contributed by atoms with E-state index in [9.17, 15) is 4.79 Å². The van der Waals surface area contributed by atoms with Crippen molar-refractivity contribution in [1.29, 1.82) is 0 Å². The zero-order chi connectivity index (χ0) is 17.4. The average Bonchev–Trinajstić information content (AvgIpc) is 3.23. The lowest BCUT2D eigenvalue weighted by atomic mass is 9.95. The molecule has 1 fully saturated rings. The van der Waals surface area contributed by atoms with Crippen molar-refractivity contribution in [2.45, 2.75) is 26.7 Å². The van der Waals surface area contributed by atoms with E-state index in [1.807, 2.05) is 0 Å². The zero-order valence-electron chi connectivity index (χ0n) is 14.1. The van der Waals surface area contributed by atoms with Crippen molar-refractivity contribution in [3.05, 3.63) is 23.1 Å². The van der Waals surface area contributed by atoms with E-state index in [1.54, 1.807) is 17.7 Å². The van der Waals surface area contributed by atoms with Gasteiger partial charge in [0, 0.05) is 23.9 Å². The van der Waals surface area contributed by atoms with Gasteiger partial charge in [0.1, 0.15) is 23.3 Å². The lowest BCUT2D eigenvalue weighted by Gasteiger charge is -2.32. The largest absolute Gasteiger partial charge is 0.356 e. The van der Waals surface area contributed by atoms with Crippen LogP contribution >= 0.6 is 11.3 Å². The van der Waals surface area contributed by atoms with Crippen molar-refractivity contribution >= 4 is 39.2 Å². The van der Waals surface area contributed by atoms with Crippen LogP contribution in [0.15, 0.2) is 12.7 Å². The Morgan fingerprint density at radius 1 is 1.24 bits per heavy atom. The highest BCUT2D eigenvalue weighted by atomic mass is 32.1. The van der Waals surface area contributed by atoms with Crippen LogP contribution in [0.3, 0.4) is 0 Å². The first kappa shape index (κ1) is 15.9. The highest BCUT2D eigenvalue weighted by Gasteiger charge is 2.27. The number of rotatable bonds is 3. The Bertz CT molecular complexity index is 897. The molecule has 1 amide bonds. The second kappa shape index (κ2) is 6.40. The molecular formula is C16H19N7OS. The summed E-state index contributed by atoms with van der Waals surface area (Å²) in [5.74, 6) is 1.35. The summed E-state index contributed by atoms with van der Waals surface area (Å²) in [4.78, 5) is 29.8. The van der Waals surface area contributed by atoms with E-state index < -0.39 is 0 Å². The fraction of sp³-hybridized carbons (Fsp3) is 0.438. The molecule has 0 unspecified atom stereocenters. The molecule has 1 saturated heterocycles. The molecule has 0 bridgehead atoms. The molecular weight excluding hydrogens is 338 g/mol. The molecule has 2 N–H and O–H groups in total. The van der Waals surface area contributed by atoms with Crippen molar-refractivity contribution in [2.75, 3.05) is 23.3 Å². The number of hydrogen-bond donors (Lipinski definition) is 2. The molecule has 1 aliphatic heterocycles. The Balaban J connectivity index is 1.48. The van der Waals surface area contributed by atoms with Gasteiger partial charge in [-0.2, -0.15) is 10.1 Å². The predicted octanol–water partition coefficient (Wildman–Crippen LogP) is 2.28. The van der Waals surface area contributed by atoms with Crippen LogP contribution in [0.1, 0.15) is 23.3 Å². The van der Waals surface area contributed by atoms with Gasteiger partial charge in [0.25, 0.3) is 0 Å². The topological polar surface area (TPSA) is 99.7 Å². The van der Waals surface area contributed by atoms with Crippen molar-refractivity contribution < 1.29 is 4.79 Å². The summed E-state index contributed by atoms with van der Waals surface area (Å²) in [5.41, 5.74) is 1.25. The normalized spacial score (nSPS) is 15.7. The maximum Gasteiger partial charge on any atom is 0.229 e. The number of aromatic nitrogens is 5. The molecule has 8 nitrogen and oxygen atoms in total. The Hall–Kier alpha value is -2.55. The van der Waals surface area contributed by atoms with Gasteiger partial charge in [0.15, 0.2) is 0 Å². The number of anilines is 2. The SMILES string of the molecule is Cc1sc2ncnc(N3CCC(C(=O)Nc4ncn[nH]4)CC3)c2c1C. The number of carbonyl (C=O) groups excluding carboxylic acids is 1. The van der Waals surface area contributed by atoms with Crippen molar-refractivity contribution in [3.8, 4) is 0 Å². The molecule has 25 heavy (non-hydrogen) atoms. The molecule has 0 radical (unpaired) electrons. The first-order chi connectivity index (χ1) is 12.1. The number of thiophene rings is 1. The predicted molar refractivity (Wildman–Crippen MR) is 96.8 cm³/mol. The number of aryl methyl sites for hydroxylation is 2. The minimum absolute atomic E-state index is 0.00760. The Kier molecular flexibility index (Phi) is 4.08. The number of fused-ring (bicyclic) bond motifs is 1. The Morgan fingerprint density at radius 2 is 2.04 bits per heavy atom. The van der Waals surface area contributed by atoms with Gasteiger partial charge < -0.3 is 4.90 Å². The van der Waals surface area contributed by atoms with Crippen LogP contribution < -0.4 is 10.2 Å². The number of nitrogens with one attached hydrogen (secondary N) is 2. The van der Waals surface area contributed by atoms with Gasteiger partial charge >= 0.3 is 0 Å². The molecule has 0 aromatic carbocycles. The smallest absolute Gasteiger partial charge is 0.229 e. The molecule has 0 aliphatic carbocycles. The van der Waals surface area contributed by atoms with E-state index in [-0.39, 0.29) is 11.8 Å². The van der Waals surface area contributed by atoms with E-state index in [0.29, 0.717) is 5.95 Å². The van der Waals surface area contributed by atoms with E-state index in [2.05, 4.69) is 49.2 Å². The van der Waals surface area contributed by atoms with Crippen LogP contribution in [-0.2, 0) is 4.79 Å². The zero-order valence-corrected chi connectivity index (χ0v) is 14.9. The highest BCUT2D eigenvalue weighted by molar-refractivity contribution is 7.18. The molecule has 3 aromatic heterocycles. The number of aromatic amines is 1. The molecule has 4 rings (SSSR count). The second-order valence-electron chi connectivity index (χ2n) is 6.25. The average molecular weight is 357 g/mol. The Labute approximate surface area is 148 Å². The quantitative estimate of drug-likeness (QED) is 0.746. The molecule has 0 saturated carbocycles. The van der Waals surface area contributed by atoms with E-state index in [4.69, 9.17) is 0 Å². The van der Waals surface area contributed by atoms with Gasteiger partial charge in [0.2, 0.25) is 11.9 Å². The molecule has 130 valence electrons. The molecule has 3 aromatic rings. The third-order valence-corrected chi connectivity index (χ3v) is 5.88. The standard InChI is InChI=1S/C16H19N7OS/c1-9-10(2)25-15-12(9)13(17-7-18-15)23-5-3-11(4-6-23)14(24)21-16-19-8-20-22-16/h7-8,11H,3-6H2,1-2H3,(H2,19,20,21,22,24). The van der Waals surface area contributed by atoms with Crippen LogP contribution in [0.4, 0.5) is 11.8 Å². The molecule has 4 heterocycles. The van der Waals surface area contributed by atoms with Crippen LogP contribution in [0.5, 0.6) is 0 Å². The number of nitrogens with zero attached hydrogens (tertiary/aromatic N) is 5. The summed E-state index contributed by atoms with van der Waals surface area (Å²) in [7, 11) is 0.